The molecule has 0 atom stereocenters. The summed E-state index contributed by atoms with van der Waals surface area (Å²) in [6, 6.07) is 1.24. The summed E-state index contributed by atoms with van der Waals surface area (Å²) in [7, 11) is -1.88. The average Bonchev–Trinajstić information content (AvgIpc) is 3.45. The van der Waals surface area contributed by atoms with Crippen molar-refractivity contribution in [2.24, 2.45) is 0 Å². The maximum atomic E-state index is 2.57. The maximum absolute atomic E-state index is 2.57. The van der Waals surface area contributed by atoms with E-state index in [9.17, 15) is 0 Å². The topological polar surface area (TPSA) is 0 Å². The third-order valence-corrected chi connectivity index (χ3v) is 10.7. The van der Waals surface area contributed by atoms with Crippen LogP contribution in [-0.2, 0) is 0 Å². The molecule has 0 aromatic heterocycles. The Morgan fingerprint density at radius 1 is 0.630 bits per heavy atom. The fourth-order valence-electron chi connectivity index (χ4n) is 4.65. The van der Waals surface area contributed by atoms with Crippen molar-refractivity contribution in [3.63, 3.8) is 0 Å². The lowest BCUT2D eigenvalue weighted by Gasteiger charge is -2.44. The van der Waals surface area contributed by atoms with E-state index in [1.54, 1.807) is 11.1 Å². The first-order valence-corrected chi connectivity index (χ1v) is 12.5. The SMILES string of the molecule is C[Si](CC[C]1[CH][CH][CH][CH]1)([C]1[CH][CH][C]2C=CC=C[C]21)[C]1[CH][CH][C]2C=CC=C[C]21. The zero-order chi connectivity index (χ0) is 18.3. The molecule has 0 nitrogen and oxygen atoms in total. The van der Waals surface area contributed by atoms with Gasteiger partial charge in [-0.25, -0.2) is 0 Å². The normalized spacial score (nSPS) is 28.6. The van der Waals surface area contributed by atoms with Crippen LogP contribution in [0.5, 0.6) is 0 Å². The van der Waals surface area contributed by atoms with Crippen LogP contribution in [0, 0.1) is 92.0 Å². The van der Waals surface area contributed by atoms with E-state index >= 15 is 0 Å². The first kappa shape index (κ1) is 18.2. The summed E-state index contributed by atoms with van der Waals surface area (Å²) in [6.07, 6.45) is 37.2. The Labute approximate surface area is 167 Å². The predicted molar refractivity (Wildman–Crippen MR) is 115 cm³/mol. The molecule has 15 radical (unpaired) electrons. The van der Waals surface area contributed by atoms with Gasteiger partial charge in [-0.1, -0.05) is 61.2 Å². The van der Waals surface area contributed by atoms with E-state index in [0.29, 0.717) is 0 Å². The van der Waals surface area contributed by atoms with Gasteiger partial charge in [-0.15, -0.1) is 0 Å². The van der Waals surface area contributed by atoms with Crippen LogP contribution in [0.3, 0.4) is 0 Å². The van der Waals surface area contributed by atoms with Gasteiger partial charge in [-0.3, -0.25) is 0 Å². The van der Waals surface area contributed by atoms with Crippen LogP contribution in [0.1, 0.15) is 6.42 Å². The van der Waals surface area contributed by atoms with Gasteiger partial charge in [0.25, 0.3) is 0 Å². The summed E-state index contributed by atoms with van der Waals surface area (Å²) in [4.78, 5) is 0. The third-order valence-electron chi connectivity index (χ3n) is 6.20. The van der Waals surface area contributed by atoms with Crippen LogP contribution >= 0.6 is 0 Å². The van der Waals surface area contributed by atoms with Gasteiger partial charge in [0.2, 0.25) is 0 Å². The second-order valence-corrected chi connectivity index (χ2v) is 12.0. The van der Waals surface area contributed by atoms with Crippen molar-refractivity contribution >= 4 is 8.07 Å². The Bertz CT molecular complexity index is 603. The number of hydrogen-bond acceptors (Lipinski definition) is 0. The number of rotatable bonds is 5. The first-order chi connectivity index (χ1) is 13.3. The van der Waals surface area contributed by atoms with E-state index in [0.717, 1.165) is 6.42 Å². The Morgan fingerprint density at radius 2 is 1.15 bits per heavy atom. The molecule has 0 aromatic carbocycles. The van der Waals surface area contributed by atoms with Gasteiger partial charge in [0, 0.05) is 23.7 Å². The van der Waals surface area contributed by atoms with Crippen molar-refractivity contribution in [3.05, 3.63) is 141 Å². The summed E-state index contributed by atoms with van der Waals surface area (Å²) in [5.74, 6) is 7.09. The molecular formula is C26H23Si. The van der Waals surface area contributed by atoms with Gasteiger partial charge in [0.05, 0.1) is 8.07 Å². The molecule has 3 saturated carbocycles. The monoisotopic (exact) mass is 363 g/mol. The van der Waals surface area contributed by atoms with Crippen LogP contribution in [-0.4, -0.2) is 8.07 Å². The van der Waals surface area contributed by atoms with Gasteiger partial charge >= 0.3 is 0 Å². The summed E-state index contributed by atoms with van der Waals surface area (Å²) >= 11 is 0. The molecule has 0 saturated heterocycles. The molecule has 0 heterocycles. The highest BCUT2D eigenvalue weighted by molar-refractivity contribution is 6.91. The second kappa shape index (κ2) is 7.54. The summed E-state index contributed by atoms with van der Waals surface area (Å²) in [6.45, 7) is 2.57. The molecule has 27 heavy (non-hydrogen) atoms. The van der Waals surface area contributed by atoms with E-state index < -0.39 is 8.07 Å². The number of hydrogen-bond donors (Lipinski definition) is 0. The molecule has 0 amide bonds. The highest BCUT2D eigenvalue weighted by atomic mass is 28.3. The zero-order valence-electron chi connectivity index (χ0n) is 15.7. The van der Waals surface area contributed by atoms with Crippen LogP contribution in [0.25, 0.3) is 0 Å². The van der Waals surface area contributed by atoms with E-state index in [1.807, 2.05) is 0 Å². The number of fused-ring (bicyclic) bond motifs is 2. The predicted octanol–water partition coefficient (Wildman–Crippen LogP) is 5.48. The van der Waals surface area contributed by atoms with Crippen LogP contribution in [0.15, 0.2) is 48.6 Å². The molecule has 0 aromatic rings. The minimum atomic E-state index is -1.88. The van der Waals surface area contributed by atoms with E-state index in [-0.39, 0.29) is 0 Å². The lowest BCUT2D eigenvalue weighted by Crippen LogP contribution is -2.48. The van der Waals surface area contributed by atoms with E-state index in [2.05, 4.69) is 107 Å². The van der Waals surface area contributed by atoms with Crippen molar-refractivity contribution < 1.29 is 0 Å². The van der Waals surface area contributed by atoms with Gasteiger partial charge in [0.1, 0.15) is 0 Å². The summed E-state index contributed by atoms with van der Waals surface area (Å²) in [5.41, 5.74) is 3.17. The lowest BCUT2D eigenvalue weighted by atomic mass is 9.91. The zero-order valence-corrected chi connectivity index (χ0v) is 16.7. The lowest BCUT2D eigenvalue weighted by molar-refractivity contribution is 0.958. The largest absolute Gasteiger partial charge is 0.0762 e. The second-order valence-electron chi connectivity index (χ2n) is 7.79. The average molecular weight is 364 g/mol. The van der Waals surface area contributed by atoms with Gasteiger partial charge < -0.3 is 0 Å². The molecule has 5 aliphatic rings. The highest BCUT2D eigenvalue weighted by Crippen LogP contribution is 2.58. The van der Waals surface area contributed by atoms with Crippen molar-refractivity contribution in [1.82, 2.24) is 0 Å². The smallest absolute Gasteiger partial charge is 0.0665 e. The van der Waals surface area contributed by atoms with Gasteiger partial charge in [-0.05, 0) is 74.8 Å². The molecule has 5 rings (SSSR count). The summed E-state index contributed by atoms with van der Waals surface area (Å²) in [5, 5.41) is 0. The van der Waals surface area contributed by atoms with Crippen molar-refractivity contribution in [3.8, 4) is 0 Å². The minimum Gasteiger partial charge on any atom is -0.0762 e. The first-order valence-electron chi connectivity index (χ1n) is 9.76. The third kappa shape index (κ3) is 3.28. The summed E-state index contributed by atoms with van der Waals surface area (Å²) < 4.78 is 0. The van der Waals surface area contributed by atoms with Gasteiger partial charge in [0.15, 0.2) is 0 Å². The van der Waals surface area contributed by atoms with Gasteiger partial charge in [-0.2, -0.15) is 0 Å². The molecule has 0 N–H and O–H groups in total. The van der Waals surface area contributed by atoms with Crippen molar-refractivity contribution in [2.45, 2.75) is 19.0 Å². The molecule has 0 aliphatic heterocycles. The quantitative estimate of drug-likeness (QED) is 0.567. The molecule has 5 aliphatic carbocycles. The van der Waals surface area contributed by atoms with Crippen molar-refractivity contribution in [2.75, 3.05) is 0 Å². The Kier molecular flexibility index (Phi) is 5.09. The minimum absolute atomic E-state index is 1.15. The molecular weight excluding hydrogens is 340 g/mol. The highest BCUT2D eigenvalue weighted by Gasteiger charge is 2.55. The Hall–Kier alpha value is -0.823. The standard InChI is InChI=1S/C26H23Si/c1-27(19-18-20-8-2-3-9-20,25-16-14-21-10-4-6-12-23(21)25)26-17-15-22-11-5-7-13-24(22)26/h2-17H,18-19H2,1H3. The molecule has 1 heteroatoms. The fourth-order valence-corrected chi connectivity index (χ4v) is 8.82. The Balaban J connectivity index is 1.42. The maximum Gasteiger partial charge on any atom is 0.0665 e. The Morgan fingerprint density at radius 3 is 1.70 bits per heavy atom. The van der Waals surface area contributed by atoms with E-state index in [4.69, 9.17) is 0 Å². The molecule has 0 unspecified atom stereocenters. The van der Waals surface area contributed by atoms with Crippen LogP contribution in [0.2, 0.25) is 12.6 Å². The molecule has 0 bridgehead atoms. The molecule has 3 fully saturated rings. The van der Waals surface area contributed by atoms with Crippen LogP contribution in [0.4, 0.5) is 0 Å². The van der Waals surface area contributed by atoms with E-state index in [1.165, 1.54) is 35.6 Å². The van der Waals surface area contributed by atoms with Crippen molar-refractivity contribution in [1.29, 1.82) is 0 Å². The number of allylic oxidation sites excluding steroid dienone is 8. The molecule has 131 valence electrons. The fraction of sp³-hybridized carbons (Fsp3) is 0.115. The van der Waals surface area contributed by atoms with Crippen LogP contribution < -0.4 is 0 Å². The molecule has 0 spiro atoms.